The molecule has 1 heterocycles. The summed E-state index contributed by atoms with van der Waals surface area (Å²) in [5.74, 6) is -1.21. The molecule has 0 aromatic rings. The summed E-state index contributed by atoms with van der Waals surface area (Å²) in [6.07, 6.45) is 1.05. The van der Waals surface area contributed by atoms with Crippen molar-refractivity contribution >= 4 is 24.2 Å². The van der Waals surface area contributed by atoms with E-state index in [0.717, 1.165) is 5.01 Å². The van der Waals surface area contributed by atoms with Gasteiger partial charge in [0.25, 0.3) is 5.91 Å². The van der Waals surface area contributed by atoms with E-state index in [1.165, 1.54) is 20.4 Å². The molecule has 8 nitrogen and oxygen atoms in total. The molecule has 1 rings (SSSR count). The second kappa shape index (κ2) is 6.88. The van der Waals surface area contributed by atoms with E-state index in [-0.39, 0.29) is 5.92 Å². The molecule has 0 radical (unpaired) electrons. The fraction of sp³-hybridized carbons (Fsp3) is 0.667. The van der Waals surface area contributed by atoms with Gasteiger partial charge in [0.2, 0.25) is 0 Å². The van der Waals surface area contributed by atoms with Gasteiger partial charge in [-0.25, -0.2) is 14.6 Å². The maximum atomic E-state index is 12.4. The molecular weight excluding hydrogens is 266 g/mol. The Bertz CT molecular complexity index is 421. The van der Waals surface area contributed by atoms with E-state index in [4.69, 9.17) is 0 Å². The molecule has 0 aromatic carbocycles. The molecule has 2 unspecified atom stereocenters. The number of hydrazone groups is 1. The number of alkyl carbamates (subject to hydrolysis) is 1. The van der Waals surface area contributed by atoms with Gasteiger partial charge in [-0.2, -0.15) is 5.10 Å². The van der Waals surface area contributed by atoms with Crippen molar-refractivity contribution in [3.05, 3.63) is 0 Å². The van der Waals surface area contributed by atoms with E-state index in [1.807, 2.05) is 0 Å². The van der Waals surface area contributed by atoms with Gasteiger partial charge < -0.3 is 14.8 Å². The molecule has 0 saturated carbocycles. The lowest BCUT2D eigenvalue weighted by molar-refractivity contribution is -0.152. The zero-order valence-corrected chi connectivity index (χ0v) is 12.0. The highest BCUT2D eigenvalue weighted by atomic mass is 16.5. The number of nitrogens with zero attached hydrogens (tertiary/aromatic N) is 2. The standard InChI is InChI=1S/C12H19N3O5/c1-7(2)9(14-12(18)20-4)10(16)15-8(5-6-13-15)11(17)19-3/h6-9H,5H2,1-4H3,(H,14,18). The lowest BCUT2D eigenvalue weighted by atomic mass is 10.0. The zero-order valence-electron chi connectivity index (χ0n) is 12.0. The minimum Gasteiger partial charge on any atom is -0.467 e. The third kappa shape index (κ3) is 3.46. The molecular formula is C12H19N3O5. The summed E-state index contributed by atoms with van der Waals surface area (Å²) in [6, 6.07) is -1.61. The van der Waals surface area contributed by atoms with E-state index < -0.39 is 30.1 Å². The molecule has 0 spiro atoms. The summed E-state index contributed by atoms with van der Waals surface area (Å²) < 4.78 is 9.12. The van der Waals surface area contributed by atoms with E-state index in [0.29, 0.717) is 6.42 Å². The van der Waals surface area contributed by atoms with Crippen molar-refractivity contribution in [2.75, 3.05) is 14.2 Å². The summed E-state index contributed by atoms with van der Waals surface area (Å²) in [7, 11) is 2.46. The van der Waals surface area contributed by atoms with Crippen LogP contribution in [0.2, 0.25) is 0 Å². The minimum atomic E-state index is -0.829. The maximum absolute atomic E-state index is 12.4. The van der Waals surface area contributed by atoms with Crippen molar-refractivity contribution in [3.8, 4) is 0 Å². The molecule has 1 aliphatic rings. The number of ether oxygens (including phenoxy) is 2. The van der Waals surface area contributed by atoms with Gasteiger partial charge in [0.1, 0.15) is 6.04 Å². The summed E-state index contributed by atoms with van der Waals surface area (Å²) in [6.45, 7) is 3.54. The highest BCUT2D eigenvalue weighted by Gasteiger charge is 2.38. The molecule has 1 aliphatic heterocycles. The van der Waals surface area contributed by atoms with Crippen LogP contribution in [-0.2, 0) is 19.1 Å². The van der Waals surface area contributed by atoms with Gasteiger partial charge in [-0.3, -0.25) is 4.79 Å². The van der Waals surface area contributed by atoms with Crippen molar-refractivity contribution < 1.29 is 23.9 Å². The van der Waals surface area contributed by atoms with Gasteiger partial charge >= 0.3 is 12.1 Å². The number of rotatable bonds is 4. The molecule has 20 heavy (non-hydrogen) atoms. The number of esters is 1. The molecule has 2 amide bonds. The smallest absolute Gasteiger partial charge is 0.407 e. The summed E-state index contributed by atoms with van der Waals surface area (Å²) in [5.41, 5.74) is 0. The van der Waals surface area contributed by atoms with E-state index in [1.54, 1.807) is 13.8 Å². The number of hydrogen-bond donors (Lipinski definition) is 1. The Morgan fingerprint density at radius 1 is 1.30 bits per heavy atom. The lowest BCUT2D eigenvalue weighted by Gasteiger charge is -2.27. The van der Waals surface area contributed by atoms with Crippen LogP contribution >= 0.6 is 0 Å². The van der Waals surface area contributed by atoms with Crippen molar-refractivity contribution in [2.45, 2.75) is 32.4 Å². The van der Waals surface area contributed by atoms with Gasteiger partial charge in [-0.1, -0.05) is 13.8 Å². The van der Waals surface area contributed by atoms with Gasteiger partial charge in [0.05, 0.1) is 14.2 Å². The first-order valence-corrected chi connectivity index (χ1v) is 6.20. The van der Waals surface area contributed by atoms with Crippen LogP contribution in [0.25, 0.3) is 0 Å². The number of carbonyl (C=O) groups is 3. The average molecular weight is 285 g/mol. The lowest BCUT2D eigenvalue weighted by Crippen LogP contribution is -2.52. The Kier molecular flexibility index (Phi) is 5.48. The van der Waals surface area contributed by atoms with Crippen LogP contribution < -0.4 is 5.32 Å². The normalized spacial score (nSPS) is 18.9. The van der Waals surface area contributed by atoms with Crippen LogP contribution in [0.4, 0.5) is 4.79 Å². The van der Waals surface area contributed by atoms with Crippen LogP contribution in [0, 0.1) is 5.92 Å². The molecule has 0 aromatic heterocycles. The van der Waals surface area contributed by atoms with E-state index in [9.17, 15) is 14.4 Å². The predicted octanol–water partition coefficient (Wildman–Crippen LogP) is 0.127. The second-order valence-electron chi connectivity index (χ2n) is 4.61. The first kappa shape index (κ1) is 15.9. The van der Waals surface area contributed by atoms with Crippen molar-refractivity contribution in [3.63, 3.8) is 0 Å². The molecule has 8 heteroatoms. The Labute approximate surface area is 117 Å². The number of hydrogen-bond acceptors (Lipinski definition) is 6. The Morgan fingerprint density at radius 2 is 1.95 bits per heavy atom. The fourth-order valence-electron chi connectivity index (χ4n) is 1.80. The largest absolute Gasteiger partial charge is 0.467 e. The molecule has 2 atom stereocenters. The highest BCUT2D eigenvalue weighted by molar-refractivity contribution is 5.92. The topological polar surface area (TPSA) is 97.3 Å². The molecule has 0 aliphatic carbocycles. The summed E-state index contributed by atoms with van der Waals surface area (Å²) >= 11 is 0. The van der Waals surface area contributed by atoms with Crippen molar-refractivity contribution in [1.29, 1.82) is 0 Å². The zero-order chi connectivity index (χ0) is 15.3. The van der Waals surface area contributed by atoms with Gasteiger partial charge in [0, 0.05) is 12.6 Å². The number of methoxy groups -OCH3 is 2. The van der Waals surface area contributed by atoms with Crippen LogP contribution in [0.1, 0.15) is 20.3 Å². The Hall–Kier alpha value is -2.12. The first-order chi connectivity index (χ1) is 9.42. The van der Waals surface area contributed by atoms with Crippen LogP contribution in [-0.4, -0.2) is 55.5 Å². The predicted molar refractivity (Wildman–Crippen MR) is 69.9 cm³/mol. The summed E-state index contributed by atoms with van der Waals surface area (Å²) in [4.78, 5) is 35.3. The van der Waals surface area contributed by atoms with E-state index in [2.05, 4.69) is 19.9 Å². The van der Waals surface area contributed by atoms with Crippen molar-refractivity contribution in [2.24, 2.45) is 11.0 Å². The first-order valence-electron chi connectivity index (χ1n) is 6.20. The molecule has 0 fully saturated rings. The van der Waals surface area contributed by atoms with Gasteiger partial charge in [-0.15, -0.1) is 0 Å². The van der Waals surface area contributed by atoms with Crippen LogP contribution in [0.3, 0.4) is 0 Å². The molecule has 112 valence electrons. The Morgan fingerprint density at radius 3 is 2.45 bits per heavy atom. The highest BCUT2D eigenvalue weighted by Crippen LogP contribution is 2.17. The van der Waals surface area contributed by atoms with E-state index >= 15 is 0 Å². The number of nitrogens with one attached hydrogen (secondary N) is 1. The summed E-state index contributed by atoms with van der Waals surface area (Å²) in [5, 5.41) is 7.38. The molecule has 0 saturated heterocycles. The maximum Gasteiger partial charge on any atom is 0.407 e. The van der Waals surface area contributed by atoms with Crippen molar-refractivity contribution in [1.82, 2.24) is 10.3 Å². The molecule has 0 bridgehead atoms. The number of carbonyl (C=O) groups excluding carboxylic acids is 3. The number of amides is 2. The molecule has 1 N–H and O–H groups in total. The average Bonchev–Trinajstić information content (AvgIpc) is 2.91. The second-order valence-corrected chi connectivity index (χ2v) is 4.61. The monoisotopic (exact) mass is 285 g/mol. The van der Waals surface area contributed by atoms with Crippen LogP contribution in [0.15, 0.2) is 5.10 Å². The minimum absolute atomic E-state index is 0.185. The Balaban J connectivity index is 2.86. The van der Waals surface area contributed by atoms with Gasteiger partial charge in [0.15, 0.2) is 6.04 Å². The van der Waals surface area contributed by atoms with Crippen LogP contribution in [0.5, 0.6) is 0 Å². The SMILES string of the molecule is COC(=O)NC(C(=O)N1N=CCC1C(=O)OC)C(C)C. The fourth-order valence-corrected chi connectivity index (χ4v) is 1.80. The quantitative estimate of drug-likeness (QED) is 0.740. The third-order valence-electron chi connectivity index (χ3n) is 2.92. The third-order valence-corrected chi connectivity index (χ3v) is 2.92. The van der Waals surface area contributed by atoms with Gasteiger partial charge in [-0.05, 0) is 5.92 Å².